The van der Waals surface area contributed by atoms with Crippen molar-refractivity contribution in [3.8, 4) is 17.0 Å². The smallest absolute Gasteiger partial charge is 0.146 e. The molecule has 0 amide bonds. The van der Waals surface area contributed by atoms with Crippen LogP contribution < -0.4 is 10.1 Å². The Labute approximate surface area is 165 Å². The van der Waals surface area contributed by atoms with Crippen LogP contribution in [0.4, 0.5) is 11.5 Å². The Morgan fingerprint density at radius 3 is 2.32 bits per heavy atom. The van der Waals surface area contributed by atoms with Crippen LogP contribution in [-0.2, 0) is 0 Å². The number of ether oxygens (including phenoxy) is 1. The zero-order valence-corrected chi connectivity index (χ0v) is 16.6. The zero-order chi connectivity index (χ0) is 19.7. The van der Waals surface area contributed by atoms with Crippen LogP contribution in [0.15, 0.2) is 60.9 Å². The van der Waals surface area contributed by atoms with Gasteiger partial charge in [0.1, 0.15) is 23.5 Å². The second kappa shape index (κ2) is 7.35. The summed E-state index contributed by atoms with van der Waals surface area (Å²) in [7, 11) is 1.68. The molecule has 5 nitrogen and oxygen atoms in total. The summed E-state index contributed by atoms with van der Waals surface area (Å²) in [5.41, 5.74) is 5.39. The lowest BCUT2D eigenvalue weighted by Crippen LogP contribution is -2.04. The number of aryl methyl sites for hydroxylation is 1. The fraction of sp³-hybridized carbons (Fsp3) is 0.217. The van der Waals surface area contributed by atoms with Crippen molar-refractivity contribution >= 4 is 22.5 Å². The second-order valence-electron chi connectivity index (χ2n) is 7.17. The van der Waals surface area contributed by atoms with Gasteiger partial charge >= 0.3 is 0 Å². The van der Waals surface area contributed by atoms with Gasteiger partial charge in [-0.15, -0.1) is 0 Å². The summed E-state index contributed by atoms with van der Waals surface area (Å²) >= 11 is 0. The Bertz CT molecular complexity index is 1100. The van der Waals surface area contributed by atoms with E-state index in [2.05, 4.69) is 83.1 Å². The summed E-state index contributed by atoms with van der Waals surface area (Å²) in [6, 6.07) is 18.8. The molecule has 0 bridgehead atoms. The second-order valence-corrected chi connectivity index (χ2v) is 7.17. The SMILES string of the molecule is COc1ccc(-c2cc3c(Nc4ccc(C)cc4)ncnc3n2C(C)C)cc1. The number of rotatable bonds is 5. The summed E-state index contributed by atoms with van der Waals surface area (Å²) in [6.07, 6.45) is 1.62. The van der Waals surface area contributed by atoms with Crippen molar-refractivity contribution in [2.24, 2.45) is 0 Å². The molecule has 28 heavy (non-hydrogen) atoms. The molecule has 4 aromatic rings. The third-order valence-corrected chi connectivity index (χ3v) is 4.85. The molecule has 142 valence electrons. The van der Waals surface area contributed by atoms with E-state index in [1.54, 1.807) is 13.4 Å². The Hall–Kier alpha value is -3.34. The predicted molar refractivity (Wildman–Crippen MR) is 114 cm³/mol. The average Bonchev–Trinajstić information content (AvgIpc) is 3.11. The van der Waals surface area contributed by atoms with E-state index in [-0.39, 0.29) is 6.04 Å². The van der Waals surface area contributed by atoms with Crippen LogP contribution in [-0.4, -0.2) is 21.6 Å². The Morgan fingerprint density at radius 2 is 1.68 bits per heavy atom. The molecule has 2 aromatic carbocycles. The van der Waals surface area contributed by atoms with Gasteiger partial charge in [-0.2, -0.15) is 0 Å². The number of hydrogen-bond acceptors (Lipinski definition) is 4. The van der Waals surface area contributed by atoms with Gasteiger partial charge in [0.15, 0.2) is 0 Å². The Morgan fingerprint density at radius 1 is 0.964 bits per heavy atom. The van der Waals surface area contributed by atoms with Crippen LogP contribution in [0.25, 0.3) is 22.3 Å². The predicted octanol–water partition coefficient (Wildman–Crippen LogP) is 5.74. The maximum atomic E-state index is 5.30. The molecule has 2 aromatic heterocycles. The van der Waals surface area contributed by atoms with Crippen molar-refractivity contribution in [2.75, 3.05) is 12.4 Å². The van der Waals surface area contributed by atoms with Gasteiger partial charge < -0.3 is 14.6 Å². The van der Waals surface area contributed by atoms with Crippen LogP contribution in [0.3, 0.4) is 0 Å². The number of methoxy groups -OCH3 is 1. The molecular formula is C23H24N4O. The first-order valence-electron chi connectivity index (χ1n) is 9.41. The molecule has 0 atom stereocenters. The Kier molecular flexibility index (Phi) is 4.74. The molecule has 0 saturated carbocycles. The number of anilines is 2. The van der Waals surface area contributed by atoms with E-state index in [1.807, 2.05) is 12.1 Å². The van der Waals surface area contributed by atoms with E-state index in [1.165, 1.54) is 5.56 Å². The lowest BCUT2D eigenvalue weighted by Gasteiger charge is -2.14. The van der Waals surface area contributed by atoms with Gasteiger partial charge in [0, 0.05) is 11.7 Å². The third kappa shape index (κ3) is 3.31. The number of nitrogens with zero attached hydrogens (tertiary/aromatic N) is 3. The molecule has 5 heteroatoms. The molecule has 0 spiro atoms. The van der Waals surface area contributed by atoms with Crippen molar-refractivity contribution in [3.63, 3.8) is 0 Å². The van der Waals surface area contributed by atoms with Crippen molar-refractivity contribution in [2.45, 2.75) is 26.8 Å². The highest BCUT2D eigenvalue weighted by atomic mass is 16.5. The minimum absolute atomic E-state index is 0.261. The van der Waals surface area contributed by atoms with E-state index in [0.717, 1.165) is 39.5 Å². The first-order chi connectivity index (χ1) is 13.6. The van der Waals surface area contributed by atoms with Crippen molar-refractivity contribution < 1.29 is 4.74 Å². The molecule has 0 fully saturated rings. The molecule has 0 aliphatic heterocycles. The topological polar surface area (TPSA) is 52.0 Å². The van der Waals surface area contributed by atoms with Gasteiger partial charge in [-0.1, -0.05) is 17.7 Å². The van der Waals surface area contributed by atoms with Crippen LogP contribution >= 0.6 is 0 Å². The van der Waals surface area contributed by atoms with E-state index in [9.17, 15) is 0 Å². The summed E-state index contributed by atoms with van der Waals surface area (Å²) in [5, 5.41) is 4.44. The molecule has 0 saturated heterocycles. The average molecular weight is 372 g/mol. The van der Waals surface area contributed by atoms with E-state index >= 15 is 0 Å². The highest BCUT2D eigenvalue weighted by Crippen LogP contribution is 2.34. The first-order valence-corrected chi connectivity index (χ1v) is 9.41. The van der Waals surface area contributed by atoms with E-state index in [0.29, 0.717) is 0 Å². The fourth-order valence-corrected chi connectivity index (χ4v) is 3.41. The Balaban J connectivity index is 1.84. The molecule has 0 radical (unpaired) electrons. The van der Waals surface area contributed by atoms with Crippen LogP contribution in [0.5, 0.6) is 5.75 Å². The summed E-state index contributed by atoms with van der Waals surface area (Å²) in [5.74, 6) is 1.65. The number of aromatic nitrogens is 3. The summed E-state index contributed by atoms with van der Waals surface area (Å²) in [6.45, 7) is 6.42. The largest absolute Gasteiger partial charge is 0.497 e. The minimum Gasteiger partial charge on any atom is -0.497 e. The van der Waals surface area contributed by atoms with Gasteiger partial charge in [-0.3, -0.25) is 0 Å². The number of nitrogens with one attached hydrogen (secondary N) is 1. The molecule has 0 aliphatic rings. The van der Waals surface area contributed by atoms with Gasteiger partial charge in [0.05, 0.1) is 18.2 Å². The number of fused-ring (bicyclic) bond motifs is 1. The minimum atomic E-state index is 0.261. The highest BCUT2D eigenvalue weighted by Gasteiger charge is 2.17. The first kappa shape index (κ1) is 18.0. The number of hydrogen-bond donors (Lipinski definition) is 1. The van der Waals surface area contributed by atoms with E-state index in [4.69, 9.17) is 4.74 Å². The molecule has 4 rings (SSSR count). The lowest BCUT2D eigenvalue weighted by molar-refractivity contribution is 0.415. The van der Waals surface area contributed by atoms with E-state index < -0.39 is 0 Å². The maximum Gasteiger partial charge on any atom is 0.146 e. The molecule has 1 N–H and O–H groups in total. The summed E-state index contributed by atoms with van der Waals surface area (Å²) in [4.78, 5) is 9.09. The lowest BCUT2D eigenvalue weighted by atomic mass is 10.1. The quantitative estimate of drug-likeness (QED) is 0.485. The van der Waals surface area contributed by atoms with Crippen LogP contribution in [0.2, 0.25) is 0 Å². The van der Waals surface area contributed by atoms with Crippen LogP contribution in [0, 0.1) is 6.92 Å². The van der Waals surface area contributed by atoms with Crippen molar-refractivity contribution in [1.29, 1.82) is 0 Å². The van der Waals surface area contributed by atoms with Gasteiger partial charge in [0.25, 0.3) is 0 Å². The molecular weight excluding hydrogens is 348 g/mol. The standard InChI is InChI=1S/C23H24N4O/c1-15(2)27-21(17-7-11-19(28-4)12-8-17)13-20-22(24-14-25-23(20)27)26-18-9-5-16(3)6-10-18/h5-15H,1-4H3,(H,24,25,26). The normalized spacial score (nSPS) is 11.2. The molecule has 2 heterocycles. The van der Waals surface area contributed by atoms with Crippen LogP contribution in [0.1, 0.15) is 25.5 Å². The fourth-order valence-electron chi connectivity index (χ4n) is 3.41. The third-order valence-electron chi connectivity index (χ3n) is 4.85. The maximum absolute atomic E-state index is 5.30. The molecule has 0 unspecified atom stereocenters. The zero-order valence-electron chi connectivity index (χ0n) is 16.6. The van der Waals surface area contributed by atoms with Crippen molar-refractivity contribution in [3.05, 3.63) is 66.5 Å². The van der Waals surface area contributed by atoms with Crippen molar-refractivity contribution in [1.82, 2.24) is 14.5 Å². The van der Waals surface area contributed by atoms with Gasteiger partial charge in [0.2, 0.25) is 0 Å². The summed E-state index contributed by atoms with van der Waals surface area (Å²) < 4.78 is 7.55. The number of benzene rings is 2. The van der Waals surface area contributed by atoms with Gasteiger partial charge in [-0.05, 0) is 68.8 Å². The van der Waals surface area contributed by atoms with Gasteiger partial charge in [-0.25, -0.2) is 9.97 Å². The monoisotopic (exact) mass is 372 g/mol. The highest BCUT2D eigenvalue weighted by molar-refractivity contribution is 5.94. The molecule has 0 aliphatic carbocycles.